The average molecular weight is 275 g/mol. The number of nitrogens with one attached hydrogen (secondary N) is 1. The number of amides is 1. The Morgan fingerprint density at radius 1 is 1.45 bits per heavy atom. The van der Waals surface area contributed by atoms with E-state index in [-0.39, 0.29) is 11.9 Å². The lowest BCUT2D eigenvalue weighted by Gasteiger charge is -2.17. The zero-order valence-corrected chi connectivity index (χ0v) is 12.4. The second-order valence-electron chi connectivity index (χ2n) is 4.79. The Kier molecular flexibility index (Phi) is 4.22. The van der Waals surface area contributed by atoms with Crippen LogP contribution in [0.1, 0.15) is 48.2 Å². The second kappa shape index (κ2) is 5.90. The van der Waals surface area contributed by atoms with Crippen molar-refractivity contribution in [1.29, 1.82) is 0 Å². The normalized spacial score (nSPS) is 12.4. The van der Waals surface area contributed by atoms with Crippen molar-refractivity contribution in [2.24, 2.45) is 7.05 Å². The first kappa shape index (κ1) is 14.3. The van der Waals surface area contributed by atoms with Crippen LogP contribution in [0.5, 0.6) is 0 Å². The lowest BCUT2D eigenvalue weighted by Crippen LogP contribution is -2.30. The van der Waals surface area contributed by atoms with Gasteiger partial charge in [-0.05, 0) is 26.3 Å². The van der Waals surface area contributed by atoms with Crippen LogP contribution in [0, 0.1) is 6.92 Å². The molecular weight excluding hydrogens is 254 g/mol. The molecule has 0 saturated heterocycles. The fraction of sp³-hybridized carbons (Fsp3) is 0.500. The smallest absolute Gasteiger partial charge is 0.253 e. The maximum Gasteiger partial charge on any atom is 0.253 e. The molecule has 0 aromatic carbocycles. The largest absolute Gasteiger partial charge is 0.354 e. The molecule has 0 radical (unpaired) electrons. The van der Waals surface area contributed by atoms with Crippen LogP contribution in [-0.2, 0) is 13.6 Å². The molecular formula is C14H21N5O. The van der Waals surface area contributed by atoms with Crippen molar-refractivity contribution < 1.29 is 4.79 Å². The fourth-order valence-electron chi connectivity index (χ4n) is 2.22. The van der Waals surface area contributed by atoms with Crippen LogP contribution < -0.4 is 5.32 Å². The maximum absolute atomic E-state index is 12.4. The van der Waals surface area contributed by atoms with Crippen LogP contribution in [0.25, 0.3) is 0 Å². The van der Waals surface area contributed by atoms with E-state index in [1.807, 2.05) is 49.3 Å². The summed E-state index contributed by atoms with van der Waals surface area (Å²) in [6.45, 7) is 6.71. The molecule has 2 rings (SSSR count). The van der Waals surface area contributed by atoms with Crippen molar-refractivity contribution in [2.45, 2.75) is 39.8 Å². The van der Waals surface area contributed by atoms with E-state index in [2.05, 4.69) is 15.4 Å². The Hall–Kier alpha value is -2.11. The van der Waals surface area contributed by atoms with Gasteiger partial charge >= 0.3 is 0 Å². The van der Waals surface area contributed by atoms with E-state index in [4.69, 9.17) is 0 Å². The zero-order valence-electron chi connectivity index (χ0n) is 12.4. The zero-order chi connectivity index (χ0) is 14.7. The number of hydrogen-bond donors (Lipinski definition) is 1. The van der Waals surface area contributed by atoms with Gasteiger partial charge in [0.15, 0.2) is 0 Å². The molecule has 0 spiro atoms. The van der Waals surface area contributed by atoms with Crippen molar-refractivity contribution in [1.82, 2.24) is 24.6 Å². The summed E-state index contributed by atoms with van der Waals surface area (Å²) in [5.74, 6) is 0.734. The number of hydrogen-bond acceptors (Lipinski definition) is 3. The van der Waals surface area contributed by atoms with Crippen molar-refractivity contribution in [2.75, 3.05) is 0 Å². The van der Waals surface area contributed by atoms with Crippen LogP contribution in [0.15, 0.2) is 18.6 Å². The number of rotatable bonds is 5. The first-order valence-corrected chi connectivity index (χ1v) is 6.88. The van der Waals surface area contributed by atoms with Crippen molar-refractivity contribution in [3.05, 3.63) is 35.7 Å². The third-order valence-corrected chi connectivity index (χ3v) is 3.60. The van der Waals surface area contributed by atoms with Gasteiger partial charge in [0.05, 0.1) is 11.6 Å². The minimum absolute atomic E-state index is 0.0689. The Morgan fingerprint density at radius 2 is 2.20 bits per heavy atom. The summed E-state index contributed by atoms with van der Waals surface area (Å²) in [4.78, 5) is 16.6. The fourth-order valence-corrected chi connectivity index (χ4v) is 2.22. The van der Waals surface area contributed by atoms with Crippen LogP contribution in [0.2, 0.25) is 0 Å². The van der Waals surface area contributed by atoms with Gasteiger partial charge in [-0.3, -0.25) is 4.79 Å². The highest BCUT2D eigenvalue weighted by molar-refractivity contribution is 5.95. The molecule has 20 heavy (non-hydrogen) atoms. The van der Waals surface area contributed by atoms with Crippen molar-refractivity contribution in [3.8, 4) is 0 Å². The highest BCUT2D eigenvalue weighted by atomic mass is 16.1. The Morgan fingerprint density at radius 3 is 2.75 bits per heavy atom. The number of nitrogens with zero attached hydrogens (tertiary/aromatic N) is 4. The molecule has 0 fully saturated rings. The number of carbonyl (C=O) groups is 1. The Bertz CT molecular complexity index is 598. The van der Waals surface area contributed by atoms with Gasteiger partial charge in [-0.1, -0.05) is 6.92 Å². The van der Waals surface area contributed by atoms with E-state index >= 15 is 0 Å². The molecule has 2 aromatic rings. The van der Waals surface area contributed by atoms with E-state index in [1.165, 1.54) is 6.33 Å². The molecule has 0 aliphatic carbocycles. The van der Waals surface area contributed by atoms with Gasteiger partial charge in [0.2, 0.25) is 0 Å². The monoisotopic (exact) mass is 275 g/mol. The van der Waals surface area contributed by atoms with Gasteiger partial charge < -0.3 is 9.88 Å². The SMILES string of the molecule is CCC(NC(=O)c1ccn(C)c1C)c1ncnn1CC. The topological polar surface area (TPSA) is 64.7 Å². The molecule has 2 aromatic heterocycles. The molecule has 1 N–H and O–H groups in total. The van der Waals surface area contributed by atoms with Gasteiger partial charge in [0.25, 0.3) is 5.91 Å². The molecule has 6 nitrogen and oxygen atoms in total. The molecule has 6 heteroatoms. The first-order chi connectivity index (χ1) is 9.58. The third kappa shape index (κ3) is 2.59. The summed E-state index contributed by atoms with van der Waals surface area (Å²) in [6, 6.07) is 1.71. The summed E-state index contributed by atoms with van der Waals surface area (Å²) in [5.41, 5.74) is 1.66. The molecule has 1 unspecified atom stereocenters. The average Bonchev–Trinajstić information content (AvgIpc) is 3.04. The van der Waals surface area contributed by atoms with Gasteiger partial charge in [0.1, 0.15) is 12.2 Å². The van der Waals surface area contributed by atoms with Crippen LogP contribution in [0.4, 0.5) is 0 Å². The molecule has 2 heterocycles. The molecule has 108 valence electrons. The second-order valence-corrected chi connectivity index (χ2v) is 4.79. The first-order valence-electron chi connectivity index (χ1n) is 6.88. The lowest BCUT2D eigenvalue weighted by atomic mass is 10.1. The minimum atomic E-state index is -0.121. The summed E-state index contributed by atoms with van der Waals surface area (Å²) < 4.78 is 3.75. The minimum Gasteiger partial charge on any atom is -0.354 e. The number of carbonyl (C=O) groups excluding carboxylic acids is 1. The Labute approximate surface area is 118 Å². The molecule has 1 amide bonds. The van der Waals surface area contributed by atoms with E-state index in [1.54, 1.807) is 0 Å². The third-order valence-electron chi connectivity index (χ3n) is 3.60. The quantitative estimate of drug-likeness (QED) is 0.905. The predicted molar refractivity (Wildman–Crippen MR) is 76.3 cm³/mol. The number of aryl methyl sites for hydroxylation is 2. The summed E-state index contributed by atoms with van der Waals surface area (Å²) in [5, 5.41) is 7.19. The maximum atomic E-state index is 12.4. The van der Waals surface area contributed by atoms with Gasteiger partial charge in [-0.15, -0.1) is 0 Å². The molecule has 1 atom stereocenters. The number of aromatic nitrogens is 4. The van der Waals surface area contributed by atoms with E-state index in [0.29, 0.717) is 5.56 Å². The van der Waals surface area contributed by atoms with Crippen LogP contribution in [0.3, 0.4) is 0 Å². The predicted octanol–water partition coefficient (Wildman–Crippen LogP) is 1.83. The van der Waals surface area contributed by atoms with E-state index < -0.39 is 0 Å². The highest BCUT2D eigenvalue weighted by Crippen LogP contribution is 2.16. The van der Waals surface area contributed by atoms with Gasteiger partial charge in [-0.25, -0.2) is 9.67 Å². The van der Waals surface area contributed by atoms with Crippen LogP contribution >= 0.6 is 0 Å². The van der Waals surface area contributed by atoms with Gasteiger partial charge in [0, 0.05) is 25.5 Å². The van der Waals surface area contributed by atoms with Gasteiger partial charge in [-0.2, -0.15) is 5.10 Å². The summed E-state index contributed by atoms with van der Waals surface area (Å²) in [7, 11) is 1.93. The van der Waals surface area contributed by atoms with Crippen molar-refractivity contribution >= 4 is 5.91 Å². The molecule has 0 aliphatic heterocycles. The molecule has 0 bridgehead atoms. The lowest BCUT2D eigenvalue weighted by molar-refractivity contribution is 0.0932. The van der Waals surface area contributed by atoms with Crippen molar-refractivity contribution in [3.63, 3.8) is 0 Å². The summed E-state index contributed by atoms with van der Waals surface area (Å²) in [6.07, 6.45) is 4.19. The molecule has 0 saturated carbocycles. The summed E-state index contributed by atoms with van der Waals surface area (Å²) >= 11 is 0. The van der Waals surface area contributed by atoms with E-state index in [0.717, 1.165) is 24.5 Å². The Balaban J connectivity index is 2.18. The van der Waals surface area contributed by atoms with Crippen LogP contribution in [-0.4, -0.2) is 25.2 Å². The van der Waals surface area contributed by atoms with E-state index in [9.17, 15) is 4.79 Å². The standard InChI is InChI=1S/C14H21N5O/c1-5-12(13-15-9-16-19(13)6-2)17-14(20)11-7-8-18(4)10(11)3/h7-9,12H,5-6H2,1-4H3,(H,17,20). The highest BCUT2D eigenvalue weighted by Gasteiger charge is 2.20. The molecule has 0 aliphatic rings.